The van der Waals surface area contributed by atoms with E-state index in [2.05, 4.69) is 149 Å². The van der Waals surface area contributed by atoms with Crippen LogP contribution in [-0.2, 0) is 5.41 Å². The normalized spacial score (nSPS) is 13.2. The Kier molecular flexibility index (Phi) is 5.44. The second-order valence-corrected chi connectivity index (χ2v) is 13.5. The Morgan fingerprint density at radius 1 is 0.592 bits per heavy atom. The predicted octanol–water partition coefficient (Wildman–Crippen LogP) is 11.8. The number of benzene rings is 7. The van der Waals surface area contributed by atoms with E-state index < -0.39 is 0 Å². The molecule has 2 aromatic heterocycles. The van der Waals surface area contributed by atoms with Crippen LogP contribution in [-0.4, -0.2) is 9.13 Å². The number of para-hydroxylation sites is 2. The van der Waals surface area contributed by atoms with Gasteiger partial charge >= 0.3 is 0 Å². The van der Waals surface area contributed by atoms with Crippen molar-refractivity contribution in [3.8, 4) is 28.6 Å². The molecule has 7 aromatic carbocycles. The van der Waals surface area contributed by atoms with E-state index in [1.54, 1.807) is 0 Å². The lowest BCUT2D eigenvalue weighted by molar-refractivity contribution is 0.666. The fourth-order valence-corrected chi connectivity index (χ4v) is 8.70. The SMILES string of the molecule is [C-]#[N+]c1cc(-n2c3ccccc3c3c4c(ccc32)-c2ccccc2C4(C)C)c(C#N)cc1-n1c2ccccc2c2c3ccccc3ccc21. The second kappa shape index (κ2) is 9.71. The lowest BCUT2D eigenvalue weighted by atomic mass is 9.80. The van der Waals surface area contributed by atoms with E-state index in [0.717, 1.165) is 38.2 Å². The molecule has 0 saturated carbocycles. The number of nitriles is 1. The molecule has 0 spiro atoms. The van der Waals surface area contributed by atoms with Crippen LogP contribution in [0.5, 0.6) is 0 Å². The topological polar surface area (TPSA) is 38.0 Å². The van der Waals surface area contributed by atoms with Gasteiger partial charge in [0.15, 0.2) is 0 Å². The van der Waals surface area contributed by atoms with Crippen LogP contribution in [0.3, 0.4) is 0 Å². The second-order valence-electron chi connectivity index (χ2n) is 13.5. The van der Waals surface area contributed by atoms with Gasteiger partial charge in [-0.3, -0.25) is 0 Å². The predicted molar refractivity (Wildman–Crippen MR) is 201 cm³/mol. The van der Waals surface area contributed by atoms with Crippen molar-refractivity contribution in [2.75, 3.05) is 0 Å². The van der Waals surface area contributed by atoms with Gasteiger partial charge in [-0.2, -0.15) is 5.26 Å². The quantitative estimate of drug-likeness (QED) is 0.176. The molecule has 1 aliphatic rings. The Balaban J connectivity index is 1.29. The fourth-order valence-electron chi connectivity index (χ4n) is 8.70. The van der Waals surface area contributed by atoms with Gasteiger partial charge in [-0.1, -0.05) is 111 Å². The third-order valence-corrected chi connectivity index (χ3v) is 10.7. The molecule has 228 valence electrons. The van der Waals surface area contributed by atoms with Crippen molar-refractivity contribution in [1.82, 2.24) is 9.13 Å². The van der Waals surface area contributed by atoms with Crippen molar-refractivity contribution in [1.29, 1.82) is 5.26 Å². The maximum atomic E-state index is 10.8. The lowest BCUT2D eigenvalue weighted by Crippen LogP contribution is -2.15. The molecule has 1 aliphatic carbocycles. The molecule has 10 rings (SSSR count). The summed E-state index contributed by atoms with van der Waals surface area (Å²) in [6.45, 7) is 13.1. The number of nitrogens with zero attached hydrogens (tertiary/aromatic N) is 4. The fraction of sp³-hybridized carbons (Fsp3) is 0.0667. The van der Waals surface area contributed by atoms with Crippen molar-refractivity contribution in [2.24, 2.45) is 0 Å². The summed E-state index contributed by atoms with van der Waals surface area (Å²) in [6, 6.07) is 49.0. The van der Waals surface area contributed by atoms with Gasteiger partial charge in [0.25, 0.3) is 0 Å². The van der Waals surface area contributed by atoms with E-state index in [4.69, 9.17) is 6.57 Å². The summed E-state index contributed by atoms with van der Waals surface area (Å²) in [6.07, 6.45) is 0. The number of rotatable bonds is 2. The zero-order chi connectivity index (χ0) is 33.0. The van der Waals surface area contributed by atoms with Crippen molar-refractivity contribution in [3.05, 3.63) is 162 Å². The maximum Gasteiger partial charge on any atom is 0.212 e. The first kappa shape index (κ1) is 27.5. The summed E-state index contributed by atoms with van der Waals surface area (Å²) in [5, 5.41) is 17.8. The van der Waals surface area contributed by atoms with Crippen LogP contribution in [0.1, 0.15) is 30.5 Å². The smallest absolute Gasteiger partial charge is 0.212 e. The molecule has 0 N–H and O–H groups in total. The molecule has 0 bridgehead atoms. The zero-order valence-electron chi connectivity index (χ0n) is 27.0. The Bertz CT molecular complexity index is 2990. The third-order valence-electron chi connectivity index (χ3n) is 10.7. The first-order valence-electron chi connectivity index (χ1n) is 16.5. The van der Waals surface area contributed by atoms with Crippen molar-refractivity contribution in [2.45, 2.75) is 19.3 Å². The summed E-state index contributed by atoms with van der Waals surface area (Å²) >= 11 is 0. The highest BCUT2D eigenvalue weighted by Gasteiger charge is 2.38. The highest BCUT2D eigenvalue weighted by Crippen LogP contribution is 2.53. The average molecular weight is 625 g/mol. The van der Waals surface area contributed by atoms with E-state index in [1.165, 1.54) is 38.4 Å². The summed E-state index contributed by atoms with van der Waals surface area (Å²) < 4.78 is 4.36. The molecular weight excluding hydrogens is 597 g/mol. The van der Waals surface area contributed by atoms with Crippen LogP contribution >= 0.6 is 0 Å². The monoisotopic (exact) mass is 624 g/mol. The molecule has 0 aliphatic heterocycles. The van der Waals surface area contributed by atoms with Crippen LogP contribution in [0.2, 0.25) is 0 Å². The van der Waals surface area contributed by atoms with Crippen molar-refractivity contribution >= 4 is 60.1 Å². The van der Waals surface area contributed by atoms with E-state index in [-0.39, 0.29) is 5.41 Å². The van der Waals surface area contributed by atoms with Crippen LogP contribution < -0.4 is 0 Å². The van der Waals surface area contributed by atoms with E-state index in [9.17, 15) is 5.26 Å². The van der Waals surface area contributed by atoms with Crippen LogP contribution in [0, 0.1) is 17.9 Å². The minimum absolute atomic E-state index is 0.204. The van der Waals surface area contributed by atoms with Crippen molar-refractivity contribution in [3.63, 3.8) is 0 Å². The Hall–Kier alpha value is -6.62. The standard InChI is InChI=1S/C45H28N4/c1-45(2)34-17-9-6-14-30(34)31-21-23-39-43(44(31)45)33-16-8-11-19-37(33)48(39)40-25-35(47-3)41(24-28(40)26-46)49-36-18-10-7-15-32(36)42-29-13-5-4-12-27(29)20-22-38(42)49/h4-25H,1-2H3. The summed E-state index contributed by atoms with van der Waals surface area (Å²) in [5.41, 5.74) is 11.4. The number of aromatic nitrogens is 2. The third kappa shape index (κ3) is 3.50. The zero-order valence-corrected chi connectivity index (χ0v) is 27.0. The molecule has 0 amide bonds. The number of fused-ring (bicyclic) bond motifs is 12. The molecule has 4 nitrogen and oxygen atoms in total. The summed E-state index contributed by atoms with van der Waals surface area (Å²) in [4.78, 5) is 4.12. The molecule has 0 fully saturated rings. The molecule has 0 unspecified atom stereocenters. The van der Waals surface area contributed by atoms with E-state index in [0.29, 0.717) is 22.6 Å². The molecule has 0 radical (unpaired) electrons. The van der Waals surface area contributed by atoms with Gasteiger partial charge in [0.2, 0.25) is 5.69 Å². The van der Waals surface area contributed by atoms with Gasteiger partial charge in [-0.25, -0.2) is 4.85 Å². The van der Waals surface area contributed by atoms with Gasteiger partial charge < -0.3 is 9.13 Å². The largest absolute Gasteiger partial charge is 0.319 e. The first-order chi connectivity index (χ1) is 24.0. The molecule has 0 atom stereocenters. The van der Waals surface area contributed by atoms with Gasteiger partial charge in [-0.15, -0.1) is 0 Å². The van der Waals surface area contributed by atoms with E-state index >= 15 is 0 Å². The van der Waals surface area contributed by atoms with Crippen LogP contribution in [0.25, 0.3) is 81.7 Å². The molecule has 0 saturated heterocycles. The molecule has 2 heterocycles. The van der Waals surface area contributed by atoms with Gasteiger partial charge in [-0.05, 0) is 69.4 Å². The highest BCUT2D eigenvalue weighted by atomic mass is 15.0. The summed E-state index contributed by atoms with van der Waals surface area (Å²) in [5.74, 6) is 0. The maximum absolute atomic E-state index is 10.8. The van der Waals surface area contributed by atoms with Gasteiger partial charge in [0.05, 0.1) is 45.6 Å². The minimum Gasteiger partial charge on any atom is -0.319 e. The Labute approximate surface area is 283 Å². The summed E-state index contributed by atoms with van der Waals surface area (Å²) in [7, 11) is 0. The highest BCUT2D eigenvalue weighted by molar-refractivity contribution is 6.21. The number of hydrogen-bond acceptors (Lipinski definition) is 1. The molecule has 49 heavy (non-hydrogen) atoms. The van der Waals surface area contributed by atoms with Gasteiger partial charge in [0, 0.05) is 27.0 Å². The van der Waals surface area contributed by atoms with E-state index in [1.807, 2.05) is 18.2 Å². The number of hydrogen-bond donors (Lipinski definition) is 0. The van der Waals surface area contributed by atoms with Crippen LogP contribution in [0.4, 0.5) is 5.69 Å². The Morgan fingerprint density at radius 3 is 1.96 bits per heavy atom. The molecule has 9 aromatic rings. The van der Waals surface area contributed by atoms with Crippen molar-refractivity contribution < 1.29 is 0 Å². The minimum atomic E-state index is -0.204. The molecular formula is C45H28N4. The lowest BCUT2D eigenvalue weighted by Gasteiger charge is -2.22. The Morgan fingerprint density at radius 2 is 1.20 bits per heavy atom. The van der Waals surface area contributed by atoms with Crippen LogP contribution in [0.15, 0.2) is 133 Å². The average Bonchev–Trinajstić information content (AvgIpc) is 3.74. The molecule has 4 heteroatoms. The van der Waals surface area contributed by atoms with Gasteiger partial charge in [0.1, 0.15) is 6.07 Å². The first-order valence-corrected chi connectivity index (χ1v) is 16.5.